The maximum absolute atomic E-state index is 13.7. The molecule has 2 fully saturated rings. The van der Waals surface area contributed by atoms with Crippen LogP contribution in [-0.4, -0.2) is 66.4 Å². The van der Waals surface area contributed by atoms with Crippen molar-refractivity contribution in [2.75, 3.05) is 19.8 Å². The van der Waals surface area contributed by atoms with Crippen LogP contribution >= 0.6 is 0 Å². The average molecular weight is 700 g/mol. The Hall–Kier alpha value is -4.18. The number of allylic oxidation sites excluding steroid dienone is 2. The minimum Gasteiger partial charge on any atom is -0.462 e. The fourth-order valence-corrected chi connectivity index (χ4v) is 8.50. The summed E-state index contributed by atoms with van der Waals surface area (Å²) in [5.74, 6) is -1.37. The molecule has 0 radical (unpaired) electrons. The molecule has 2 saturated carbocycles. The molecule has 51 heavy (non-hydrogen) atoms. The van der Waals surface area contributed by atoms with Crippen molar-refractivity contribution in [1.82, 2.24) is 16.0 Å². The predicted molar refractivity (Wildman–Crippen MR) is 194 cm³/mol. The number of benzene rings is 2. The molecule has 274 valence electrons. The first-order chi connectivity index (χ1) is 24.8. The van der Waals surface area contributed by atoms with E-state index < -0.39 is 35.6 Å². The Morgan fingerprint density at radius 1 is 0.902 bits per heavy atom. The maximum Gasteiger partial charge on any atom is 0.407 e. The smallest absolute Gasteiger partial charge is 0.407 e. The molecule has 3 amide bonds. The van der Waals surface area contributed by atoms with E-state index in [1.807, 2.05) is 36.4 Å². The highest BCUT2D eigenvalue weighted by Gasteiger charge is 2.36. The molecular formula is C41H53N3O7. The molecule has 10 nitrogen and oxygen atoms in total. The van der Waals surface area contributed by atoms with Crippen LogP contribution in [0.3, 0.4) is 0 Å². The lowest BCUT2D eigenvalue weighted by atomic mass is 9.84. The van der Waals surface area contributed by atoms with Crippen LogP contribution in [-0.2, 0) is 23.9 Å². The minimum atomic E-state index is -0.931. The Balaban J connectivity index is 1.11. The monoisotopic (exact) mass is 699 g/mol. The molecular weight excluding hydrogens is 646 g/mol. The summed E-state index contributed by atoms with van der Waals surface area (Å²) in [5, 5.41) is 18.9. The highest BCUT2D eigenvalue weighted by atomic mass is 16.6. The van der Waals surface area contributed by atoms with E-state index in [4.69, 9.17) is 9.47 Å². The van der Waals surface area contributed by atoms with E-state index in [0.717, 1.165) is 73.6 Å². The van der Waals surface area contributed by atoms with E-state index in [1.165, 1.54) is 6.42 Å². The number of ether oxygens (including phenoxy) is 2. The molecule has 1 heterocycles. The van der Waals surface area contributed by atoms with Crippen LogP contribution in [0.2, 0.25) is 0 Å². The molecule has 2 aromatic carbocycles. The summed E-state index contributed by atoms with van der Waals surface area (Å²) in [4.78, 5) is 53.6. The van der Waals surface area contributed by atoms with Gasteiger partial charge in [0.25, 0.3) is 0 Å². The molecule has 0 spiro atoms. The van der Waals surface area contributed by atoms with Crippen LogP contribution in [0, 0.1) is 11.8 Å². The molecule has 4 aliphatic rings. The van der Waals surface area contributed by atoms with E-state index in [1.54, 1.807) is 0 Å². The third-order valence-electron chi connectivity index (χ3n) is 11.3. The van der Waals surface area contributed by atoms with Crippen LogP contribution < -0.4 is 16.0 Å². The topological polar surface area (TPSA) is 143 Å². The van der Waals surface area contributed by atoms with Gasteiger partial charge >= 0.3 is 12.1 Å². The van der Waals surface area contributed by atoms with Gasteiger partial charge in [0.15, 0.2) is 0 Å². The fourth-order valence-electron chi connectivity index (χ4n) is 8.50. The van der Waals surface area contributed by atoms with Gasteiger partial charge in [0.2, 0.25) is 11.8 Å². The standard InChI is InChI=1S/C41H53N3O7/c45-27-41(21-11-12-22-41)44-37(46)24-29-15-5-2-6-20-36(39(48)50-25-30(42-38(29)47)23-28-13-3-1-4-14-28)43-40(49)51-26-35-33-18-9-7-16-31(33)32-17-8-10-19-34(32)35/h2,5,7-10,16-19,28-30,35-36,45H,1,3-4,6,11-15,20-27H2,(H,42,47)(H,43,49)(H,44,46). The Bertz CT molecular complexity index is 1520. The van der Waals surface area contributed by atoms with E-state index in [-0.39, 0.29) is 44.0 Å². The summed E-state index contributed by atoms with van der Waals surface area (Å²) in [6.07, 6.45) is 13.8. The number of cyclic esters (lactones) is 1. The number of hydrogen-bond donors (Lipinski definition) is 4. The number of rotatable bonds is 9. The normalized spacial score (nSPS) is 24.1. The molecule has 6 rings (SSSR count). The second-order valence-corrected chi connectivity index (χ2v) is 15.0. The third-order valence-corrected chi connectivity index (χ3v) is 11.3. The average Bonchev–Trinajstić information content (AvgIpc) is 3.74. The molecule has 0 aromatic heterocycles. The number of fused-ring (bicyclic) bond motifs is 3. The Morgan fingerprint density at radius 3 is 2.27 bits per heavy atom. The number of carbonyl (C=O) groups excluding carboxylic acids is 4. The Kier molecular flexibility index (Phi) is 12.5. The summed E-state index contributed by atoms with van der Waals surface area (Å²) >= 11 is 0. The van der Waals surface area contributed by atoms with Gasteiger partial charge in [-0.25, -0.2) is 9.59 Å². The number of aliphatic hydroxyl groups excluding tert-OH is 1. The zero-order chi connectivity index (χ0) is 35.6. The van der Waals surface area contributed by atoms with Gasteiger partial charge in [-0.2, -0.15) is 0 Å². The van der Waals surface area contributed by atoms with Crippen molar-refractivity contribution < 1.29 is 33.8 Å². The van der Waals surface area contributed by atoms with E-state index >= 15 is 0 Å². The fraction of sp³-hybridized carbons (Fsp3) is 0.561. The summed E-state index contributed by atoms with van der Waals surface area (Å²) < 4.78 is 11.6. The number of carbonyl (C=O) groups is 4. The van der Waals surface area contributed by atoms with Crippen LogP contribution in [0.15, 0.2) is 60.7 Å². The van der Waals surface area contributed by atoms with Gasteiger partial charge in [0.05, 0.1) is 24.1 Å². The number of aliphatic hydroxyl groups is 1. The Morgan fingerprint density at radius 2 is 1.59 bits per heavy atom. The maximum atomic E-state index is 13.7. The highest BCUT2D eigenvalue weighted by molar-refractivity contribution is 5.86. The van der Waals surface area contributed by atoms with E-state index in [9.17, 15) is 24.3 Å². The van der Waals surface area contributed by atoms with Crippen LogP contribution in [0.25, 0.3) is 11.1 Å². The van der Waals surface area contributed by atoms with Crippen LogP contribution in [0.5, 0.6) is 0 Å². The number of hydrogen-bond acceptors (Lipinski definition) is 7. The third kappa shape index (κ3) is 9.39. The molecule has 4 N–H and O–H groups in total. The number of amides is 3. The molecule has 3 aliphatic carbocycles. The van der Waals surface area contributed by atoms with Crippen molar-refractivity contribution in [3.63, 3.8) is 0 Å². The van der Waals surface area contributed by atoms with Crippen molar-refractivity contribution in [1.29, 1.82) is 0 Å². The summed E-state index contributed by atoms with van der Waals surface area (Å²) in [6, 6.07) is 14.9. The quantitative estimate of drug-likeness (QED) is 0.184. The lowest BCUT2D eigenvalue weighted by molar-refractivity contribution is -0.148. The number of alkyl carbamates (subject to hydrolysis) is 1. The molecule has 1 aliphatic heterocycles. The van der Waals surface area contributed by atoms with Crippen molar-refractivity contribution in [2.24, 2.45) is 11.8 Å². The first-order valence-corrected chi connectivity index (χ1v) is 19.0. The van der Waals surface area contributed by atoms with Gasteiger partial charge in [-0.05, 0) is 66.7 Å². The van der Waals surface area contributed by atoms with Gasteiger partial charge in [-0.15, -0.1) is 0 Å². The zero-order valence-corrected chi connectivity index (χ0v) is 29.6. The predicted octanol–water partition coefficient (Wildman–Crippen LogP) is 6.06. The second-order valence-electron chi connectivity index (χ2n) is 15.0. The largest absolute Gasteiger partial charge is 0.462 e. The van der Waals surface area contributed by atoms with Crippen LogP contribution in [0.4, 0.5) is 4.79 Å². The SMILES string of the molecule is O=C(CC1CC=CCCC(NC(=O)OCC2c3ccccc3-c3ccccc32)C(=O)OCC(CC2CCCCC2)NC1=O)NC1(CO)CCCC1. The molecule has 3 unspecified atom stereocenters. The van der Waals surface area contributed by atoms with Crippen molar-refractivity contribution in [2.45, 2.75) is 113 Å². The van der Waals surface area contributed by atoms with E-state index in [2.05, 4.69) is 40.2 Å². The first kappa shape index (κ1) is 36.6. The van der Waals surface area contributed by atoms with Gasteiger partial charge in [0, 0.05) is 12.3 Å². The van der Waals surface area contributed by atoms with Crippen molar-refractivity contribution in [3.05, 3.63) is 71.8 Å². The molecule has 10 heteroatoms. The Labute approximate surface area is 301 Å². The van der Waals surface area contributed by atoms with Gasteiger partial charge in [0.1, 0.15) is 19.3 Å². The highest BCUT2D eigenvalue weighted by Crippen LogP contribution is 2.44. The summed E-state index contributed by atoms with van der Waals surface area (Å²) in [5.41, 5.74) is 3.86. The first-order valence-electron chi connectivity index (χ1n) is 19.0. The second kappa shape index (κ2) is 17.4. The van der Waals surface area contributed by atoms with E-state index in [0.29, 0.717) is 31.6 Å². The van der Waals surface area contributed by atoms with Gasteiger partial charge in [-0.3, -0.25) is 9.59 Å². The summed E-state index contributed by atoms with van der Waals surface area (Å²) in [6.45, 7) is -0.00903. The molecule has 2 aromatic rings. The van der Waals surface area contributed by atoms with Crippen molar-refractivity contribution >= 4 is 23.9 Å². The lowest BCUT2D eigenvalue weighted by Crippen LogP contribution is -2.50. The van der Waals surface area contributed by atoms with Gasteiger partial charge < -0.3 is 30.5 Å². The zero-order valence-electron chi connectivity index (χ0n) is 29.6. The minimum absolute atomic E-state index is 0.000174. The van der Waals surface area contributed by atoms with Gasteiger partial charge in [-0.1, -0.05) is 106 Å². The molecule has 3 atom stereocenters. The number of esters is 1. The lowest BCUT2D eigenvalue weighted by Gasteiger charge is -2.30. The van der Waals surface area contributed by atoms with Crippen molar-refractivity contribution in [3.8, 4) is 11.1 Å². The summed E-state index contributed by atoms with van der Waals surface area (Å²) in [7, 11) is 0. The molecule has 0 bridgehead atoms. The molecule has 0 saturated heterocycles. The van der Waals surface area contributed by atoms with Crippen LogP contribution in [0.1, 0.15) is 107 Å². The number of nitrogens with one attached hydrogen (secondary N) is 3.